The van der Waals surface area contributed by atoms with Gasteiger partial charge in [-0.1, -0.05) is 12.1 Å². The molecule has 0 saturated heterocycles. The number of halogens is 1. The maximum atomic E-state index is 10.3. The van der Waals surface area contributed by atoms with Crippen LogP contribution in [-0.2, 0) is 0 Å². The van der Waals surface area contributed by atoms with Crippen LogP contribution in [-0.4, -0.2) is 54.7 Å². The highest BCUT2D eigenvalue weighted by atomic mass is 127. The maximum Gasteiger partial charge on any atom is 0.142 e. The summed E-state index contributed by atoms with van der Waals surface area (Å²) in [6, 6.07) is 7.62. The van der Waals surface area contributed by atoms with Crippen LogP contribution in [0.2, 0.25) is 0 Å². The number of aliphatic hydroxyl groups is 2. The molecule has 0 radical (unpaired) electrons. The van der Waals surface area contributed by atoms with Gasteiger partial charge in [-0.3, -0.25) is 0 Å². The van der Waals surface area contributed by atoms with E-state index in [0.29, 0.717) is 4.48 Å². The Bertz CT molecular complexity index is 351. The van der Waals surface area contributed by atoms with Gasteiger partial charge in [0.1, 0.15) is 12.1 Å². The van der Waals surface area contributed by atoms with E-state index in [0.717, 1.165) is 5.56 Å². The summed E-state index contributed by atoms with van der Waals surface area (Å²) in [4.78, 5) is 1.17. The zero-order valence-corrected chi connectivity index (χ0v) is 14.3. The second kappa shape index (κ2) is 7.69. The Morgan fingerprint density at radius 1 is 1.17 bits per heavy atom. The summed E-state index contributed by atoms with van der Waals surface area (Å²) in [5.41, 5.74) is 0.856. The van der Waals surface area contributed by atoms with E-state index in [-0.39, 0.29) is 36.6 Å². The fourth-order valence-corrected chi connectivity index (χ4v) is 2.20. The molecule has 0 spiro atoms. The summed E-state index contributed by atoms with van der Waals surface area (Å²) in [7, 11) is 5.92. The van der Waals surface area contributed by atoms with Crippen molar-refractivity contribution in [1.29, 1.82) is 0 Å². The van der Waals surface area contributed by atoms with Crippen LogP contribution in [0.4, 0.5) is 0 Å². The Balaban J connectivity index is 0.00000289. The van der Waals surface area contributed by atoms with Crippen molar-refractivity contribution in [2.75, 3.05) is 34.0 Å². The van der Waals surface area contributed by atoms with Crippen LogP contribution in [0.25, 0.3) is 0 Å². The van der Waals surface area contributed by atoms with Gasteiger partial charge in [0.2, 0.25) is 0 Å². The molecular weight excluding hydrogens is 361 g/mol. The highest BCUT2D eigenvalue weighted by molar-refractivity contribution is 7.98. The zero-order valence-electron chi connectivity index (χ0n) is 11.3. The molecule has 0 heterocycles. The monoisotopic (exact) mass is 383 g/mol. The van der Waals surface area contributed by atoms with Crippen molar-refractivity contribution in [2.24, 2.45) is 0 Å². The molecule has 3 nitrogen and oxygen atoms in total. The molecule has 0 amide bonds. The van der Waals surface area contributed by atoms with Gasteiger partial charge in [-0.2, -0.15) is 0 Å². The van der Waals surface area contributed by atoms with Gasteiger partial charge in [-0.15, -0.1) is 11.8 Å². The summed E-state index contributed by atoms with van der Waals surface area (Å²) in [5.74, 6) is 0. The maximum absolute atomic E-state index is 10.3. The number of hydrogen-bond acceptors (Lipinski definition) is 3. The average Bonchev–Trinajstić information content (AvgIpc) is 2.28. The smallest absolute Gasteiger partial charge is 0.142 e. The molecule has 0 unspecified atom stereocenters. The first kappa shape index (κ1) is 18.2. The van der Waals surface area contributed by atoms with Crippen LogP contribution in [0.1, 0.15) is 11.7 Å². The van der Waals surface area contributed by atoms with Crippen molar-refractivity contribution in [2.45, 2.75) is 17.0 Å². The van der Waals surface area contributed by atoms with Crippen molar-refractivity contribution < 1.29 is 38.7 Å². The molecular formula is C13H22INO2S. The van der Waals surface area contributed by atoms with Gasteiger partial charge in [0, 0.05) is 4.90 Å². The summed E-state index contributed by atoms with van der Waals surface area (Å²) < 4.78 is 0.530. The van der Waals surface area contributed by atoms with Crippen molar-refractivity contribution >= 4 is 11.8 Å². The molecule has 0 aliphatic rings. The van der Waals surface area contributed by atoms with E-state index in [1.807, 2.05) is 51.7 Å². The normalized spacial score (nSPS) is 14.8. The molecule has 0 saturated carbocycles. The zero-order chi connectivity index (χ0) is 13.1. The second-order valence-corrected chi connectivity index (χ2v) is 5.96. The molecule has 1 aromatic rings. The topological polar surface area (TPSA) is 40.5 Å². The summed E-state index contributed by atoms with van der Waals surface area (Å²) in [6.07, 6.45) is 1.38. The predicted molar refractivity (Wildman–Crippen MR) is 72.1 cm³/mol. The summed E-state index contributed by atoms with van der Waals surface area (Å²) in [6.45, 7) is -0.0328. The Morgan fingerprint density at radius 2 is 1.67 bits per heavy atom. The van der Waals surface area contributed by atoms with E-state index in [1.165, 1.54) is 4.90 Å². The van der Waals surface area contributed by atoms with Crippen LogP contribution < -0.4 is 24.0 Å². The molecule has 0 fully saturated rings. The third-order valence-electron chi connectivity index (χ3n) is 3.00. The highest BCUT2D eigenvalue weighted by Crippen LogP contribution is 2.24. The number of quaternary nitrogens is 1. The highest BCUT2D eigenvalue weighted by Gasteiger charge is 2.31. The second-order valence-electron chi connectivity index (χ2n) is 5.08. The lowest BCUT2D eigenvalue weighted by Gasteiger charge is -2.36. The fraction of sp³-hybridized carbons (Fsp3) is 0.538. The van der Waals surface area contributed by atoms with Crippen LogP contribution in [0.15, 0.2) is 29.2 Å². The summed E-state index contributed by atoms with van der Waals surface area (Å²) >= 11 is 1.67. The SMILES string of the molecule is CSc1ccc([C@H](O)[C@H](CO)[N+](C)(C)C)cc1.[I-]. The number of nitrogens with zero attached hydrogens (tertiary/aromatic N) is 1. The number of hydrogen-bond donors (Lipinski definition) is 2. The molecule has 2 atom stereocenters. The van der Waals surface area contributed by atoms with Gasteiger partial charge in [0.05, 0.1) is 27.7 Å². The number of thioether (sulfide) groups is 1. The molecule has 0 bridgehead atoms. The average molecular weight is 383 g/mol. The Labute approximate surface area is 131 Å². The molecule has 0 aliphatic heterocycles. The third kappa shape index (κ3) is 4.70. The van der Waals surface area contributed by atoms with Crippen LogP contribution in [0, 0.1) is 0 Å². The Kier molecular flexibility index (Phi) is 7.77. The molecule has 1 aromatic carbocycles. The molecule has 1 rings (SSSR count). The number of likely N-dealkylation sites (N-methyl/N-ethyl adjacent to an activating group) is 1. The van der Waals surface area contributed by atoms with E-state index in [2.05, 4.69) is 0 Å². The Morgan fingerprint density at radius 3 is 2.00 bits per heavy atom. The van der Waals surface area contributed by atoms with E-state index in [4.69, 9.17) is 0 Å². The number of rotatable bonds is 5. The van der Waals surface area contributed by atoms with E-state index in [9.17, 15) is 10.2 Å². The largest absolute Gasteiger partial charge is 1.00 e. The van der Waals surface area contributed by atoms with Crippen molar-refractivity contribution in [3.05, 3.63) is 29.8 Å². The minimum Gasteiger partial charge on any atom is -1.00 e. The summed E-state index contributed by atoms with van der Waals surface area (Å²) in [5, 5.41) is 19.7. The lowest BCUT2D eigenvalue weighted by molar-refractivity contribution is -0.901. The lowest BCUT2D eigenvalue weighted by Crippen LogP contribution is -3.00. The quantitative estimate of drug-likeness (QED) is 0.370. The van der Waals surface area contributed by atoms with Gasteiger partial charge in [-0.05, 0) is 24.0 Å². The lowest BCUT2D eigenvalue weighted by atomic mass is 10.0. The van der Waals surface area contributed by atoms with Crippen molar-refractivity contribution in [1.82, 2.24) is 0 Å². The first-order valence-corrected chi connectivity index (χ1v) is 6.86. The van der Waals surface area contributed by atoms with Crippen molar-refractivity contribution in [3.8, 4) is 0 Å². The first-order chi connectivity index (χ1) is 7.90. The van der Waals surface area contributed by atoms with Crippen LogP contribution >= 0.6 is 11.8 Å². The Hall–Kier alpha value is 0.180. The van der Waals surface area contributed by atoms with Crippen LogP contribution in [0.3, 0.4) is 0 Å². The van der Waals surface area contributed by atoms with Gasteiger partial charge < -0.3 is 38.7 Å². The predicted octanol–water partition coefficient (Wildman–Crippen LogP) is -1.49. The fourth-order valence-electron chi connectivity index (χ4n) is 1.79. The standard InChI is InChI=1S/C13H22NO2S.HI/c1-14(2,3)12(9-15)13(16)10-5-7-11(17-4)8-6-10;/h5-8,12-13,15-16H,9H2,1-4H3;1H/q+1;/p-1/t12-,13-;/m0./s1. The van der Waals surface area contributed by atoms with E-state index >= 15 is 0 Å². The minimum atomic E-state index is -0.643. The molecule has 2 N–H and O–H groups in total. The molecule has 104 valence electrons. The third-order valence-corrected chi connectivity index (χ3v) is 3.75. The molecule has 5 heteroatoms. The van der Waals surface area contributed by atoms with Crippen LogP contribution in [0.5, 0.6) is 0 Å². The molecule has 0 aliphatic carbocycles. The molecule has 18 heavy (non-hydrogen) atoms. The number of benzene rings is 1. The molecule has 0 aromatic heterocycles. The van der Waals surface area contributed by atoms with Gasteiger partial charge in [-0.25, -0.2) is 0 Å². The minimum absolute atomic E-state index is 0. The first-order valence-electron chi connectivity index (χ1n) is 5.64. The van der Waals surface area contributed by atoms with E-state index < -0.39 is 6.10 Å². The van der Waals surface area contributed by atoms with Gasteiger partial charge in [0.15, 0.2) is 0 Å². The van der Waals surface area contributed by atoms with E-state index in [1.54, 1.807) is 11.8 Å². The number of aliphatic hydroxyl groups excluding tert-OH is 2. The van der Waals surface area contributed by atoms with Gasteiger partial charge in [0.25, 0.3) is 0 Å². The van der Waals surface area contributed by atoms with Gasteiger partial charge >= 0.3 is 0 Å². The van der Waals surface area contributed by atoms with Crippen molar-refractivity contribution in [3.63, 3.8) is 0 Å².